The van der Waals surface area contributed by atoms with E-state index in [1.807, 2.05) is 0 Å². The lowest BCUT2D eigenvalue weighted by molar-refractivity contribution is 0.0623. The number of rotatable bonds is 7. The van der Waals surface area contributed by atoms with Crippen LogP contribution in [0.25, 0.3) is 0 Å². The van der Waals surface area contributed by atoms with E-state index in [1.165, 1.54) is 45.1 Å². The van der Waals surface area contributed by atoms with Crippen LogP contribution in [-0.4, -0.2) is 30.1 Å². The molecule has 0 amide bonds. The highest BCUT2D eigenvalue weighted by molar-refractivity contribution is 4.99. The smallest absolute Gasteiger partial charge is 0.0412 e. The van der Waals surface area contributed by atoms with Gasteiger partial charge in [0, 0.05) is 18.6 Å². The monoisotopic (exact) mass is 198 g/mol. The van der Waals surface area contributed by atoms with Crippen LogP contribution in [0.1, 0.15) is 52.4 Å². The second-order valence-corrected chi connectivity index (χ2v) is 4.88. The van der Waals surface area contributed by atoms with Gasteiger partial charge in [-0.05, 0) is 19.4 Å². The summed E-state index contributed by atoms with van der Waals surface area (Å²) in [6.07, 6.45) is 7.88. The first-order valence-corrected chi connectivity index (χ1v) is 6.21. The maximum Gasteiger partial charge on any atom is 0.0412 e. The predicted molar refractivity (Wildman–Crippen MR) is 62.4 cm³/mol. The van der Waals surface area contributed by atoms with Gasteiger partial charge >= 0.3 is 0 Å². The van der Waals surface area contributed by atoms with Crippen molar-refractivity contribution in [2.24, 2.45) is 5.73 Å². The van der Waals surface area contributed by atoms with E-state index in [4.69, 9.17) is 5.73 Å². The van der Waals surface area contributed by atoms with Crippen LogP contribution in [-0.2, 0) is 0 Å². The lowest BCUT2D eigenvalue weighted by Gasteiger charge is -2.48. The highest BCUT2D eigenvalue weighted by Gasteiger charge is 2.37. The van der Waals surface area contributed by atoms with E-state index in [0.717, 1.165) is 13.1 Å². The highest BCUT2D eigenvalue weighted by Crippen LogP contribution is 2.23. The van der Waals surface area contributed by atoms with E-state index in [1.54, 1.807) is 0 Å². The van der Waals surface area contributed by atoms with Crippen LogP contribution in [0.5, 0.6) is 0 Å². The van der Waals surface area contributed by atoms with Crippen LogP contribution < -0.4 is 5.73 Å². The van der Waals surface area contributed by atoms with Crippen LogP contribution in [0.15, 0.2) is 0 Å². The Balaban J connectivity index is 1.98. The summed E-state index contributed by atoms with van der Waals surface area (Å²) in [5, 5.41) is 0. The second kappa shape index (κ2) is 5.72. The van der Waals surface area contributed by atoms with Crippen LogP contribution in [0.3, 0.4) is 0 Å². The molecule has 84 valence electrons. The molecule has 1 rings (SSSR count). The zero-order valence-corrected chi connectivity index (χ0v) is 9.89. The molecule has 2 N–H and O–H groups in total. The molecule has 0 bridgehead atoms. The van der Waals surface area contributed by atoms with Gasteiger partial charge < -0.3 is 5.73 Å². The molecule has 0 atom stereocenters. The molecule has 0 unspecified atom stereocenters. The van der Waals surface area contributed by atoms with E-state index in [9.17, 15) is 0 Å². The SMILES string of the molecule is CCCCCCN1CC(N)(CCC)C1. The van der Waals surface area contributed by atoms with Crippen LogP contribution in [0.4, 0.5) is 0 Å². The number of hydrogen-bond acceptors (Lipinski definition) is 2. The standard InChI is InChI=1S/C12H26N2/c1-3-5-6-7-9-14-10-12(13,11-14)8-4-2/h3-11,13H2,1-2H3. The summed E-state index contributed by atoms with van der Waals surface area (Å²) >= 11 is 0. The summed E-state index contributed by atoms with van der Waals surface area (Å²) in [6.45, 7) is 8.01. The number of nitrogens with two attached hydrogens (primary N) is 1. The van der Waals surface area contributed by atoms with Gasteiger partial charge in [0.1, 0.15) is 0 Å². The zero-order valence-electron chi connectivity index (χ0n) is 9.89. The van der Waals surface area contributed by atoms with Gasteiger partial charge in [-0.2, -0.15) is 0 Å². The Labute approximate surface area is 88.8 Å². The summed E-state index contributed by atoms with van der Waals surface area (Å²) in [7, 11) is 0. The molecular formula is C12H26N2. The van der Waals surface area contributed by atoms with Gasteiger partial charge in [-0.25, -0.2) is 0 Å². The van der Waals surface area contributed by atoms with Crippen molar-refractivity contribution in [3.63, 3.8) is 0 Å². The number of hydrogen-bond donors (Lipinski definition) is 1. The minimum absolute atomic E-state index is 0.166. The fourth-order valence-corrected chi connectivity index (χ4v) is 2.42. The largest absolute Gasteiger partial charge is 0.323 e. The van der Waals surface area contributed by atoms with Crippen molar-refractivity contribution < 1.29 is 0 Å². The molecule has 0 aromatic heterocycles. The van der Waals surface area contributed by atoms with Gasteiger partial charge in [0.25, 0.3) is 0 Å². The molecule has 0 aromatic rings. The molecule has 1 saturated heterocycles. The first kappa shape index (κ1) is 12.0. The molecule has 0 spiro atoms. The molecule has 1 heterocycles. The third kappa shape index (κ3) is 3.58. The van der Waals surface area contributed by atoms with E-state index in [-0.39, 0.29) is 5.54 Å². The molecular weight excluding hydrogens is 172 g/mol. The minimum Gasteiger partial charge on any atom is -0.323 e. The van der Waals surface area contributed by atoms with Gasteiger partial charge in [-0.3, -0.25) is 4.90 Å². The molecule has 1 aliphatic rings. The van der Waals surface area contributed by atoms with Crippen molar-refractivity contribution in [2.75, 3.05) is 19.6 Å². The lowest BCUT2D eigenvalue weighted by atomic mass is 9.86. The van der Waals surface area contributed by atoms with Crippen molar-refractivity contribution in [2.45, 2.75) is 57.9 Å². The maximum absolute atomic E-state index is 6.19. The van der Waals surface area contributed by atoms with Gasteiger partial charge in [0.2, 0.25) is 0 Å². The summed E-state index contributed by atoms with van der Waals surface area (Å²) in [5.74, 6) is 0. The summed E-state index contributed by atoms with van der Waals surface area (Å²) in [6, 6.07) is 0. The van der Waals surface area contributed by atoms with Crippen LogP contribution in [0.2, 0.25) is 0 Å². The Hall–Kier alpha value is -0.0800. The summed E-state index contributed by atoms with van der Waals surface area (Å²) in [4.78, 5) is 2.51. The fraction of sp³-hybridized carbons (Fsp3) is 1.00. The molecule has 0 saturated carbocycles. The van der Waals surface area contributed by atoms with Gasteiger partial charge in [-0.15, -0.1) is 0 Å². The quantitative estimate of drug-likeness (QED) is 0.636. The Kier molecular flexibility index (Phi) is 4.90. The molecule has 2 nitrogen and oxygen atoms in total. The predicted octanol–water partition coefficient (Wildman–Crippen LogP) is 2.38. The average molecular weight is 198 g/mol. The van der Waals surface area contributed by atoms with Crippen molar-refractivity contribution in [3.05, 3.63) is 0 Å². The Morgan fingerprint density at radius 2 is 1.79 bits per heavy atom. The van der Waals surface area contributed by atoms with Gasteiger partial charge in [0.05, 0.1) is 0 Å². The van der Waals surface area contributed by atoms with E-state index < -0.39 is 0 Å². The molecule has 1 fully saturated rings. The fourth-order valence-electron chi connectivity index (χ4n) is 2.42. The molecule has 0 radical (unpaired) electrons. The number of unbranched alkanes of at least 4 members (excludes halogenated alkanes) is 3. The number of nitrogens with zero attached hydrogens (tertiary/aromatic N) is 1. The first-order valence-electron chi connectivity index (χ1n) is 6.21. The Morgan fingerprint density at radius 3 is 2.36 bits per heavy atom. The van der Waals surface area contributed by atoms with Crippen molar-refractivity contribution in [1.29, 1.82) is 0 Å². The Morgan fingerprint density at radius 1 is 1.07 bits per heavy atom. The van der Waals surface area contributed by atoms with E-state index in [2.05, 4.69) is 18.7 Å². The highest BCUT2D eigenvalue weighted by atomic mass is 15.2. The third-order valence-electron chi connectivity index (χ3n) is 3.15. The third-order valence-corrected chi connectivity index (χ3v) is 3.15. The normalized spacial score (nSPS) is 20.8. The second-order valence-electron chi connectivity index (χ2n) is 4.88. The minimum atomic E-state index is 0.166. The maximum atomic E-state index is 6.19. The molecule has 2 heteroatoms. The average Bonchev–Trinajstić information content (AvgIpc) is 2.10. The van der Waals surface area contributed by atoms with E-state index >= 15 is 0 Å². The lowest BCUT2D eigenvalue weighted by Crippen LogP contribution is -2.67. The topological polar surface area (TPSA) is 29.3 Å². The Bertz CT molecular complexity index is 150. The van der Waals surface area contributed by atoms with Crippen LogP contribution in [0, 0.1) is 0 Å². The molecule has 0 aliphatic carbocycles. The summed E-state index contributed by atoms with van der Waals surface area (Å²) in [5.41, 5.74) is 6.36. The zero-order chi connectivity index (χ0) is 10.4. The molecule has 0 aromatic carbocycles. The van der Waals surface area contributed by atoms with Gasteiger partial charge in [0.15, 0.2) is 0 Å². The molecule has 1 aliphatic heterocycles. The van der Waals surface area contributed by atoms with Crippen molar-refractivity contribution in [1.82, 2.24) is 4.90 Å². The van der Waals surface area contributed by atoms with Crippen LogP contribution >= 0.6 is 0 Å². The van der Waals surface area contributed by atoms with Crippen molar-refractivity contribution in [3.8, 4) is 0 Å². The van der Waals surface area contributed by atoms with E-state index in [0.29, 0.717) is 0 Å². The van der Waals surface area contributed by atoms with Crippen molar-refractivity contribution >= 4 is 0 Å². The summed E-state index contributed by atoms with van der Waals surface area (Å²) < 4.78 is 0. The van der Waals surface area contributed by atoms with Gasteiger partial charge in [-0.1, -0.05) is 39.5 Å². The number of likely N-dealkylation sites (tertiary alicyclic amines) is 1. The molecule has 14 heavy (non-hydrogen) atoms. The first-order chi connectivity index (χ1) is 6.70.